The third-order valence-electron chi connectivity index (χ3n) is 4.75. The lowest BCUT2D eigenvalue weighted by Gasteiger charge is -2.05. The minimum absolute atomic E-state index is 0.00492. The zero-order valence-electron chi connectivity index (χ0n) is 16.8. The highest BCUT2D eigenvalue weighted by Gasteiger charge is 2.12. The fourth-order valence-electron chi connectivity index (χ4n) is 2.95. The van der Waals surface area contributed by atoms with Crippen molar-refractivity contribution in [3.63, 3.8) is 0 Å². The fraction of sp³-hybridized carbons (Fsp3) is 0.333. The summed E-state index contributed by atoms with van der Waals surface area (Å²) in [6.07, 6.45) is 11.0. The van der Waals surface area contributed by atoms with Gasteiger partial charge in [0.2, 0.25) is 0 Å². The van der Waals surface area contributed by atoms with Crippen LogP contribution in [0.4, 0.5) is 0 Å². The summed E-state index contributed by atoms with van der Waals surface area (Å²) in [5.74, 6) is 0.00492. The van der Waals surface area contributed by atoms with E-state index >= 15 is 0 Å². The average Bonchev–Trinajstić information content (AvgIpc) is 2.67. The number of hydrogen-bond donors (Lipinski definition) is 1. The number of hydrogen-bond acceptors (Lipinski definition) is 4. The third kappa shape index (κ3) is 6.08. The number of aldehydes is 1. The van der Waals surface area contributed by atoms with Crippen LogP contribution in [0.25, 0.3) is 11.0 Å². The first-order chi connectivity index (χ1) is 13.4. The lowest BCUT2D eigenvalue weighted by Crippen LogP contribution is -2.07. The van der Waals surface area contributed by atoms with Crippen LogP contribution in [0.2, 0.25) is 0 Å². The van der Waals surface area contributed by atoms with Gasteiger partial charge in [-0.05, 0) is 64.2 Å². The van der Waals surface area contributed by atoms with Crippen molar-refractivity contribution in [2.24, 2.45) is 0 Å². The number of fused-ring (bicyclic) bond motifs is 1. The van der Waals surface area contributed by atoms with Gasteiger partial charge in [0.15, 0.2) is 0 Å². The Morgan fingerprint density at radius 3 is 2.36 bits per heavy atom. The lowest BCUT2D eigenvalue weighted by atomic mass is 10.0. The van der Waals surface area contributed by atoms with Crippen molar-refractivity contribution < 1.29 is 14.3 Å². The van der Waals surface area contributed by atoms with Gasteiger partial charge in [-0.25, -0.2) is 4.79 Å². The smallest absolute Gasteiger partial charge is 0.343 e. The summed E-state index contributed by atoms with van der Waals surface area (Å²) in [5.41, 5.74) is 3.43. The van der Waals surface area contributed by atoms with Crippen molar-refractivity contribution in [3.8, 4) is 5.75 Å². The van der Waals surface area contributed by atoms with E-state index in [-0.39, 0.29) is 5.75 Å². The molecule has 4 nitrogen and oxygen atoms in total. The first kappa shape index (κ1) is 21.4. The number of rotatable bonds is 9. The quantitative estimate of drug-likeness (QED) is 0.265. The van der Waals surface area contributed by atoms with Crippen molar-refractivity contribution in [3.05, 3.63) is 75.2 Å². The normalized spacial score (nSPS) is 13.2. The molecule has 0 radical (unpaired) electrons. The molecule has 1 aromatic heterocycles. The monoisotopic (exact) mass is 380 g/mol. The summed E-state index contributed by atoms with van der Waals surface area (Å²) in [6, 6.07) is 6.99. The van der Waals surface area contributed by atoms with E-state index < -0.39 is 5.63 Å². The van der Waals surface area contributed by atoms with E-state index in [1.807, 2.05) is 26.0 Å². The van der Waals surface area contributed by atoms with Crippen LogP contribution in [0, 0.1) is 0 Å². The molecule has 0 saturated heterocycles. The molecule has 0 unspecified atom stereocenters. The van der Waals surface area contributed by atoms with Gasteiger partial charge in [-0.15, -0.1) is 0 Å². The molecule has 1 heterocycles. The lowest BCUT2D eigenvalue weighted by molar-refractivity contribution is -0.104. The molecule has 28 heavy (non-hydrogen) atoms. The van der Waals surface area contributed by atoms with Gasteiger partial charge in [-0.3, -0.25) is 4.79 Å². The predicted molar refractivity (Wildman–Crippen MR) is 114 cm³/mol. The van der Waals surface area contributed by atoms with Crippen molar-refractivity contribution >= 4 is 17.3 Å². The molecular weight excluding hydrogens is 352 g/mol. The highest BCUT2D eigenvalue weighted by atomic mass is 16.4. The zero-order chi connectivity index (χ0) is 20.5. The molecular formula is C24H28O4. The Kier molecular flexibility index (Phi) is 8.00. The average molecular weight is 380 g/mol. The van der Waals surface area contributed by atoms with Gasteiger partial charge in [0.25, 0.3) is 0 Å². The highest BCUT2D eigenvalue weighted by Crippen LogP contribution is 2.26. The van der Waals surface area contributed by atoms with E-state index in [9.17, 15) is 14.7 Å². The van der Waals surface area contributed by atoms with Crippen LogP contribution < -0.4 is 5.63 Å². The molecule has 148 valence electrons. The predicted octanol–water partition coefficient (Wildman–Crippen LogP) is 5.64. The van der Waals surface area contributed by atoms with Gasteiger partial charge < -0.3 is 9.52 Å². The van der Waals surface area contributed by atoms with E-state index in [0.717, 1.165) is 43.1 Å². The maximum Gasteiger partial charge on any atom is 0.343 e. The largest absolute Gasteiger partial charge is 0.507 e. The summed E-state index contributed by atoms with van der Waals surface area (Å²) in [4.78, 5) is 22.7. The Bertz CT molecular complexity index is 974. The second-order valence-corrected chi connectivity index (χ2v) is 7.16. The van der Waals surface area contributed by atoms with Crippen LogP contribution in [0.3, 0.4) is 0 Å². The summed E-state index contributed by atoms with van der Waals surface area (Å²) in [5, 5.41) is 11.0. The molecule has 0 amide bonds. The number of para-hydroxylation sites is 1. The molecule has 0 bridgehead atoms. The van der Waals surface area contributed by atoms with Gasteiger partial charge in [0.1, 0.15) is 17.6 Å². The first-order valence-corrected chi connectivity index (χ1v) is 9.59. The Morgan fingerprint density at radius 2 is 1.64 bits per heavy atom. The maximum atomic E-state index is 12.1. The van der Waals surface area contributed by atoms with Crippen LogP contribution in [0.5, 0.6) is 5.75 Å². The van der Waals surface area contributed by atoms with Gasteiger partial charge in [-0.1, -0.05) is 41.5 Å². The molecule has 0 aliphatic rings. The molecule has 2 aromatic rings. The van der Waals surface area contributed by atoms with Crippen LogP contribution >= 0.6 is 0 Å². The van der Waals surface area contributed by atoms with Crippen LogP contribution in [0.15, 0.2) is 68.4 Å². The summed E-state index contributed by atoms with van der Waals surface area (Å²) in [6.45, 7) is 5.94. The standard InChI is InChI=1S/C24H28O4/c1-17(9-7-11-19(3)16-25)8-6-10-18(2)14-15-21-23(26)20-12-4-5-13-22(20)28-24(21)27/h4-5,8,11-14,16,26H,6-7,9-10,15H2,1-3H3. The molecule has 0 aliphatic carbocycles. The number of aromatic hydroxyl groups is 1. The molecule has 0 atom stereocenters. The van der Waals surface area contributed by atoms with E-state index in [4.69, 9.17) is 4.42 Å². The topological polar surface area (TPSA) is 67.5 Å². The van der Waals surface area contributed by atoms with Crippen molar-refractivity contribution in [2.45, 2.75) is 52.9 Å². The van der Waals surface area contributed by atoms with Gasteiger partial charge in [-0.2, -0.15) is 0 Å². The second-order valence-electron chi connectivity index (χ2n) is 7.16. The number of benzene rings is 1. The second kappa shape index (κ2) is 10.5. The van der Waals surface area contributed by atoms with Crippen molar-refractivity contribution in [2.75, 3.05) is 0 Å². The van der Waals surface area contributed by atoms with Crippen LogP contribution in [-0.4, -0.2) is 11.4 Å². The van der Waals surface area contributed by atoms with Crippen LogP contribution in [-0.2, 0) is 11.2 Å². The van der Waals surface area contributed by atoms with Crippen molar-refractivity contribution in [1.29, 1.82) is 0 Å². The SMILES string of the molecule is CC(C=O)=CCCC(C)=CCCC(C)=CCc1c(O)c2ccccc2oc1=O. The maximum absolute atomic E-state index is 12.1. The zero-order valence-corrected chi connectivity index (χ0v) is 16.8. The Hall–Kier alpha value is -2.88. The molecule has 2 rings (SSSR count). The van der Waals surface area contributed by atoms with E-state index in [2.05, 4.69) is 13.0 Å². The van der Waals surface area contributed by atoms with E-state index in [0.29, 0.717) is 23.0 Å². The Balaban J connectivity index is 1.94. The molecule has 0 fully saturated rings. The fourth-order valence-corrected chi connectivity index (χ4v) is 2.95. The van der Waals surface area contributed by atoms with Gasteiger partial charge >= 0.3 is 5.63 Å². The summed E-state index contributed by atoms with van der Waals surface area (Å²) < 4.78 is 5.30. The summed E-state index contributed by atoms with van der Waals surface area (Å²) >= 11 is 0. The third-order valence-corrected chi connectivity index (χ3v) is 4.75. The molecule has 0 saturated carbocycles. The minimum atomic E-state index is -0.491. The number of allylic oxidation sites excluding steroid dienone is 6. The molecule has 0 aliphatic heterocycles. The summed E-state index contributed by atoms with van der Waals surface area (Å²) in [7, 11) is 0. The Labute approximate surface area is 165 Å². The minimum Gasteiger partial charge on any atom is -0.507 e. The molecule has 0 spiro atoms. The first-order valence-electron chi connectivity index (χ1n) is 9.59. The van der Waals surface area contributed by atoms with Gasteiger partial charge in [0, 0.05) is 6.42 Å². The van der Waals surface area contributed by atoms with E-state index in [1.165, 1.54) is 5.57 Å². The number of carbonyl (C=O) groups excluding carboxylic acids is 1. The van der Waals surface area contributed by atoms with E-state index in [1.54, 1.807) is 24.3 Å². The van der Waals surface area contributed by atoms with Crippen LogP contribution in [0.1, 0.15) is 52.0 Å². The number of carbonyl (C=O) groups is 1. The molecule has 1 N–H and O–H groups in total. The Morgan fingerprint density at radius 1 is 1.00 bits per heavy atom. The highest BCUT2D eigenvalue weighted by molar-refractivity contribution is 5.83. The molecule has 1 aromatic carbocycles. The molecule has 4 heteroatoms. The van der Waals surface area contributed by atoms with Gasteiger partial charge in [0.05, 0.1) is 10.9 Å². The van der Waals surface area contributed by atoms with Crippen molar-refractivity contribution in [1.82, 2.24) is 0 Å².